The van der Waals surface area contributed by atoms with Crippen LogP contribution in [0, 0.1) is 24.7 Å². The first-order valence-electron chi connectivity index (χ1n) is 11.2. The molecule has 2 aliphatic rings. The Balaban J connectivity index is 1.50. The van der Waals surface area contributed by atoms with Gasteiger partial charge in [0.2, 0.25) is 5.84 Å². The van der Waals surface area contributed by atoms with Crippen molar-refractivity contribution >= 4 is 23.0 Å². The fourth-order valence-corrected chi connectivity index (χ4v) is 4.49. The Kier molecular flexibility index (Phi) is 5.49. The highest BCUT2D eigenvalue weighted by molar-refractivity contribution is 5.86. The summed E-state index contributed by atoms with van der Waals surface area (Å²) in [6.07, 6.45) is -2.46. The van der Waals surface area contributed by atoms with Gasteiger partial charge in [-0.15, -0.1) is 5.10 Å². The number of aromatic nitrogens is 3. The average molecular weight is 483 g/mol. The van der Waals surface area contributed by atoms with Crippen molar-refractivity contribution in [2.24, 2.45) is 0 Å². The second kappa shape index (κ2) is 8.40. The topological polar surface area (TPSA) is 94.1 Å². The van der Waals surface area contributed by atoms with Gasteiger partial charge in [-0.25, -0.2) is 0 Å². The molecule has 0 unspecified atom stereocenters. The Bertz CT molecular complexity index is 1380. The molecule has 8 nitrogen and oxygen atoms in total. The van der Waals surface area contributed by atoms with Crippen molar-refractivity contribution in [3.8, 4) is 5.75 Å². The molecule has 35 heavy (non-hydrogen) atoms. The number of fused-ring (bicyclic) bond motifs is 2. The van der Waals surface area contributed by atoms with Crippen molar-refractivity contribution < 1.29 is 17.9 Å². The zero-order chi connectivity index (χ0) is 24.9. The quantitative estimate of drug-likeness (QED) is 0.427. The van der Waals surface area contributed by atoms with Crippen LogP contribution in [-0.2, 0) is 13.0 Å². The summed E-state index contributed by atoms with van der Waals surface area (Å²) in [5, 5.41) is 19.7. The standard InChI is InChI=1S/C24H24F3N7O/c1-14-15(2)22(31-34(21(14)28)23(29)24(25,26)27)32-8-7-18-16(13-32)11-17(12-30-18)33-9-10-35-20-6-4-3-5-19(20)33/h3-6,11-12,28-29H,7-10,13H2,1-2H3. The van der Waals surface area contributed by atoms with E-state index in [1.807, 2.05) is 35.4 Å². The van der Waals surface area contributed by atoms with Crippen molar-refractivity contribution in [2.45, 2.75) is 33.0 Å². The number of benzene rings is 1. The van der Waals surface area contributed by atoms with Gasteiger partial charge in [0.15, 0.2) is 11.3 Å². The van der Waals surface area contributed by atoms with Crippen LogP contribution in [0.5, 0.6) is 5.75 Å². The third kappa shape index (κ3) is 4.00. The normalized spacial score (nSPS) is 15.3. The van der Waals surface area contributed by atoms with Crippen molar-refractivity contribution in [1.29, 1.82) is 10.8 Å². The fourth-order valence-electron chi connectivity index (χ4n) is 4.49. The van der Waals surface area contributed by atoms with Crippen molar-refractivity contribution in [1.82, 2.24) is 14.8 Å². The van der Waals surface area contributed by atoms with Crippen LogP contribution < -0.4 is 20.0 Å². The number of rotatable bonds is 2. The van der Waals surface area contributed by atoms with Gasteiger partial charge in [-0.2, -0.15) is 17.9 Å². The Morgan fingerprint density at radius 1 is 1.11 bits per heavy atom. The maximum Gasteiger partial charge on any atom is 0.451 e. The molecule has 5 rings (SSSR count). The van der Waals surface area contributed by atoms with Crippen molar-refractivity contribution in [3.63, 3.8) is 0 Å². The molecule has 2 N–H and O–H groups in total. The maximum absolute atomic E-state index is 13.2. The molecule has 0 atom stereocenters. The van der Waals surface area contributed by atoms with E-state index in [1.165, 1.54) is 0 Å². The van der Waals surface area contributed by atoms with Crippen LogP contribution in [-0.4, -0.2) is 46.5 Å². The molecular weight excluding hydrogens is 459 g/mol. The van der Waals surface area contributed by atoms with E-state index in [1.54, 1.807) is 13.8 Å². The van der Waals surface area contributed by atoms with E-state index < -0.39 is 17.5 Å². The average Bonchev–Trinajstić information content (AvgIpc) is 2.85. The van der Waals surface area contributed by atoms with Crippen LogP contribution >= 0.6 is 0 Å². The molecule has 0 aliphatic carbocycles. The number of anilines is 3. The first-order valence-corrected chi connectivity index (χ1v) is 11.2. The highest BCUT2D eigenvalue weighted by Crippen LogP contribution is 2.37. The monoisotopic (exact) mass is 483 g/mol. The van der Waals surface area contributed by atoms with E-state index in [-0.39, 0.29) is 0 Å². The Morgan fingerprint density at radius 3 is 2.66 bits per heavy atom. The third-order valence-corrected chi connectivity index (χ3v) is 6.50. The summed E-state index contributed by atoms with van der Waals surface area (Å²) in [4.78, 5) is 8.72. The van der Waals surface area contributed by atoms with E-state index in [4.69, 9.17) is 15.6 Å². The van der Waals surface area contributed by atoms with E-state index >= 15 is 0 Å². The molecule has 3 aromatic rings. The predicted molar refractivity (Wildman–Crippen MR) is 125 cm³/mol. The summed E-state index contributed by atoms with van der Waals surface area (Å²) >= 11 is 0. The fraction of sp³-hybridized carbons (Fsp3) is 0.333. The van der Waals surface area contributed by atoms with Crippen LogP contribution in [0.4, 0.5) is 30.4 Å². The first-order chi connectivity index (χ1) is 16.6. The molecule has 11 heteroatoms. The highest BCUT2D eigenvalue weighted by Gasteiger charge is 2.38. The SMILES string of the molecule is Cc1c(N2CCc3ncc(N4CCOc5ccccc54)cc3C2)nn(C(=N)C(F)(F)F)c(=N)c1C. The molecule has 0 radical (unpaired) electrons. The Morgan fingerprint density at radius 2 is 1.89 bits per heavy atom. The molecule has 0 bridgehead atoms. The summed E-state index contributed by atoms with van der Waals surface area (Å²) in [5.41, 5.74) is 4.30. The van der Waals surface area contributed by atoms with E-state index in [0.717, 1.165) is 28.4 Å². The van der Waals surface area contributed by atoms with Gasteiger partial charge in [0, 0.05) is 30.8 Å². The van der Waals surface area contributed by atoms with Crippen molar-refractivity contribution in [2.75, 3.05) is 29.5 Å². The van der Waals surface area contributed by atoms with Gasteiger partial charge in [0.25, 0.3) is 0 Å². The van der Waals surface area contributed by atoms with E-state index in [9.17, 15) is 13.2 Å². The van der Waals surface area contributed by atoms with Gasteiger partial charge in [0.1, 0.15) is 12.4 Å². The van der Waals surface area contributed by atoms with Crippen LogP contribution in [0.2, 0.25) is 0 Å². The van der Waals surface area contributed by atoms with E-state index in [0.29, 0.717) is 54.3 Å². The minimum absolute atomic E-state index is 0.334. The van der Waals surface area contributed by atoms with Crippen LogP contribution in [0.3, 0.4) is 0 Å². The zero-order valence-electron chi connectivity index (χ0n) is 19.3. The highest BCUT2D eigenvalue weighted by atomic mass is 19.4. The van der Waals surface area contributed by atoms with Gasteiger partial charge in [-0.1, -0.05) is 12.1 Å². The lowest BCUT2D eigenvalue weighted by molar-refractivity contribution is -0.0632. The molecule has 2 aliphatic heterocycles. The number of ether oxygens (including phenoxy) is 1. The van der Waals surface area contributed by atoms with Gasteiger partial charge in [-0.3, -0.25) is 15.8 Å². The lowest BCUT2D eigenvalue weighted by Crippen LogP contribution is -2.42. The van der Waals surface area contributed by atoms with Gasteiger partial charge >= 0.3 is 6.18 Å². The summed E-state index contributed by atoms with van der Waals surface area (Å²) in [7, 11) is 0. The largest absolute Gasteiger partial charge is 0.490 e. The summed E-state index contributed by atoms with van der Waals surface area (Å²) < 4.78 is 45.8. The molecule has 0 saturated heterocycles. The number of para-hydroxylation sites is 2. The van der Waals surface area contributed by atoms with Crippen LogP contribution in [0.1, 0.15) is 22.4 Å². The molecule has 0 spiro atoms. The number of nitrogens with zero attached hydrogens (tertiary/aromatic N) is 5. The van der Waals surface area contributed by atoms with E-state index in [2.05, 4.69) is 21.0 Å². The number of alkyl halides is 3. The Hall–Kier alpha value is -3.89. The van der Waals surface area contributed by atoms with Gasteiger partial charge in [-0.05, 0) is 43.2 Å². The Labute approximate surface area is 199 Å². The number of pyridine rings is 1. The van der Waals surface area contributed by atoms with Gasteiger partial charge < -0.3 is 14.5 Å². The molecule has 1 aromatic carbocycles. The molecular formula is C24H24F3N7O. The third-order valence-electron chi connectivity index (χ3n) is 6.50. The minimum atomic E-state index is -4.91. The van der Waals surface area contributed by atoms with Crippen LogP contribution in [0.25, 0.3) is 0 Å². The zero-order valence-corrected chi connectivity index (χ0v) is 19.3. The lowest BCUT2D eigenvalue weighted by Gasteiger charge is -2.34. The second-order valence-electron chi connectivity index (χ2n) is 8.62. The number of hydrogen-bond donors (Lipinski definition) is 2. The molecule has 0 amide bonds. The second-order valence-corrected chi connectivity index (χ2v) is 8.62. The van der Waals surface area contributed by atoms with Crippen molar-refractivity contribution in [3.05, 3.63) is 64.4 Å². The number of halogens is 3. The molecule has 0 fully saturated rings. The predicted octanol–water partition coefficient (Wildman–Crippen LogP) is 3.86. The molecule has 2 aromatic heterocycles. The van der Waals surface area contributed by atoms with Crippen LogP contribution in [0.15, 0.2) is 36.5 Å². The first kappa shape index (κ1) is 22.9. The summed E-state index contributed by atoms with van der Waals surface area (Å²) in [6.45, 7) is 5.47. The molecule has 4 heterocycles. The molecule has 0 saturated carbocycles. The number of hydrogen-bond acceptors (Lipinski definition) is 7. The lowest BCUT2D eigenvalue weighted by atomic mass is 10.0. The smallest absolute Gasteiger partial charge is 0.451 e. The molecule has 182 valence electrons. The van der Waals surface area contributed by atoms with Gasteiger partial charge in [0.05, 0.1) is 24.1 Å². The number of nitrogens with one attached hydrogen (secondary N) is 2. The minimum Gasteiger partial charge on any atom is -0.490 e. The summed E-state index contributed by atoms with van der Waals surface area (Å²) in [6, 6.07) is 9.86. The summed E-state index contributed by atoms with van der Waals surface area (Å²) in [5.74, 6) is -0.542. The maximum atomic E-state index is 13.2.